The van der Waals surface area contributed by atoms with Gasteiger partial charge in [-0.25, -0.2) is 0 Å². The summed E-state index contributed by atoms with van der Waals surface area (Å²) < 4.78 is 0. The number of hydrogen-bond donors (Lipinski definition) is 0. The number of hydrogen-bond acceptors (Lipinski definition) is 2. The summed E-state index contributed by atoms with van der Waals surface area (Å²) in [5, 5.41) is 0. The van der Waals surface area contributed by atoms with Crippen molar-refractivity contribution in [3.05, 3.63) is 12.4 Å². The Morgan fingerprint density at radius 2 is 0.469 bits per heavy atom. The topological polar surface area (TPSA) is 6.48 Å². The average molecular weight is 687 g/mol. The molecule has 0 aromatic rings. The van der Waals surface area contributed by atoms with Crippen LogP contribution in [0.15, 0.2) is 12.4 Å². The second-order valence-electron chi connectivity index (χ2n) is 16.4. The van der Waals surface area contributed by atoms with Crippen molar-refractivity contribution in [1.82, 2.24) is 9.80 Å². The highest BCUT2D eigenvalue weighted by atomic mass is 15.4. The van der Waals surface area contributed by atoms with Gasteiger partial charge < -0.3 is 9.80 Å². The molecule has 0 saturated heterocycles. The number of unbranched alkanes of at least 4 members (excludes halogenated alkanes) is 35. The largest absolute Gasteiger partial charge is 0.356 e. The molecule has 0 fully saturated rings. The van der Waals surface area contributed by atoms with Gasteiger partial charge in [0, 0.05) is 25.5 Å². The lowest BCUT2D eigenvalue weighted by atomic mass is 10.0. The van der Waals surface area contributed by atoms with Crippen molar-refractivity contribution < 1.29 is 0 Å². The van der Waals surface area contributed by atoms with Gasteiger partial charge in [-0.1, -0.05) is 245 Å². The molecule has 1 aliphatic rings. The van der Waals surface area contributed by atoms with Crippen molar-refractivity contribution in [2.45, 2.75) is 277 Å². The summed E-state index contributed by atoms with van der Waals surface area (Å²) >= 11 is 0. The van der Waals surface area contributed by atoms with Crippen molar-refractivity contribution in [2.24, 2.45) is 0 Å². The predicted molar refractivity (Wildman–Crippen MR) is 223 cm³/mol. The highest BCUT2D eigenvalue weighted by molar-refractivity contribution is 4.97. The first-order valence-corrected chi connectivity index (χ1v) is 23.5. The van der Waals surface area contributed by atoms with Gasteiger partial charge in [0.2, 0.25) is 0 Å². The molecule has 2 heteroatoms. The molecule has 292 valence electrons. The summed E-state index contributed by atoms with van der Waals surface area (Å²) in [6, 6.07) is 0. The molecule has 49 heavy (non-hydrogen) atoms. The van der Waals surface area contributed by atoms with E-state index in [4.69, 9.17) is 0 Å². The van der Waals surface area contributed by atoms with E-state index in [1.165, 1.54) is 264 Å². The van der Waals surface area contributed by atoms with Gasteiger partial charge in [0.25, 0.3) is 0 Å². The van der Waals surface area contributed by atoms with Crippen LogP contribution in [0.25, 0.3) is 0 Å². The molecule has 0 amide bonds. The van der Waals surface area contributed by atoms with Crippen LogP contribution in [0.3, 0.4) is 0 Å². The van der Waals surface area contributed by atoms with Gasteiger partial charge in [-0.3, -0.25) is 0 Å². The van der Waals surface area contributed by atoms with Gasteiger partial charge in [-0.15, -0.1) is 0 Å². The molecule has 1 aliphatic heterocycles. The van der Waals surface area contributed by atoms with Gasteiger partial charge >= 0.3 is 0 Å². The Kier molecular flexibility index (Phi) is 36.5. The Morgan fingerprint density at radius 3 is 0.714 bits per heavy atom. The Balaban J connectivity index is 2.20. The zero-order valence-electron chi connectivity index (χ0n) is 34.6. The van der Waals surface area contributed by atoms with Crippen LogP contribution < -0.4 is 0 Å². The van der Waals surface area contributed by atoms with Gasteiger partial charge in [0.15, 0.2) is 0 Å². The molecule has 0 spiro atoms. The van der Waals surface area contributed by atoms with Crippen molar-refractivity contribution >= 4 is 0 Å². The van der Waals surface area contributed by atoms with Crippen molar-refractivity contribution in [1.29, 1.82) is 0 Å². The quantitative estimate of drug-likeness (QED) is 0.0591. The van der Waals surface area contributed by atoms with Crippen LogP contribution in [0.1, 0.15) is 271 Å². The van der Waals surface area contributed by atoms with Crippen LogP contribution in [0.2, 0.25) is 0 Å². The molecule has 0 N–H and O–H groups in total. The fraction of sp³-hybridized carbons (Fsp3) is 0.957. The van der Waals surface area contributed by atoms with E-state index in [1.54, 1.807) is 0 Å². The van der Waals surface area contributed by atoms with E-state index in [-0.39, 0.29) is 0 Å². The summed E-state index contributed by atoms with van der Waals surface area (Å²) in [6.07, 6.45) is 61.9. The van der Waals surface area contributed by atoms with Crippen molar-refractivity contribution in [3.8, 4) is 0 Å². The molecule has 1 atom stereocenters. The monoisotopic (exact) mass is 687 g/mol. The van der Waals surface area contributed by atoms with E-state index in [1.807, 2.05) is 0 Å². The molecule has 0 bridgehead atoms. The lowest BCUT2D eigenvalue weighted by Crippen LogP contribution is -2.39. The molecule has 2 nitrogen and oxygen atoms in total. The molecule has 1 unspecified atom stereocenters. The first-order valence-electron chi connectivity index (χ1n) is 23.5. The second-order valence-corrected chi connectivity index (χ2v) is 16.4. The number of rotatable bonds is 41. The maximum absolute atomic E-state index is 2.73. The van der Waals surface area contributed by atoms with E-state index in [0.29, 0.717) is 6.17 Å². The third-order valence-electron chi connectivity index (χ3n) is 11.6. The molecule has 1 rings (SSSR count). The molecule has 0 saturated carbocycles. The van der Waals surface area contributed by atoms with Crippen molar-refractivity contribution in [3.63, 3.8) is 0 Å². The van der Waals surface area contributed by atoms with Crippen LogP contribution in [-0.2, 0) is 0 Å². The minimum absolute atomic E-state index is 0.637. The van der Waals surface area contributed by atoms with Crippen LogP contribution in [0, 0.1) is 0 Å². The van der Waals surface area contributed by atoms with E-state index in [0.717, 1.165) is 0 Å². The highest BCUT2D eigenvalue weighted by Gasteiger charge is 2.24. The Hall–Kier alpha value is -0.660. The molecular weight excluding hydrogens is 593 g/mol. The van der Waals surface area contributed by atoms with Gasteiger partial charge in [0.1, 0.15) is 6.17 Å². The van der Waals surface area contributed by atoms with Crippen LogP contribution in [0.5, 0.6) is 0 Å². The van der Waals surface area contributed by atoms with Crippen LogP contribution in [-0.4, -0.2) is 29.1 Å². The minimum atomic E-state index is 0.637. The fourth-order valence-electron chi connectivity index (χ4n) is 8.13. The first kappa shape index (κ1) is 46.4. The molecule has 0 aromatic heterocycles. The first-order chi connectivity index (χ1) is 24.3. The van der Waals surface area contributed by atoms with Crippen LogP contribution in [0.4, 0.5) is 0 Å². The van der Waals surface area contributed by atoms with Gasteiger partial charge in [0.05, 0.1) is 0 Å². The lowest BCUT2D eigenvalue weighted by molar-refractivity contribution is 0.135. The Bertz CT molecular complexity index is 644. The number of nitrogens with zero attached hydrogens (tertiary/aromatic N) is 2. The standard InChI is InChI=1S/C47H94N2/c1-4-7-10-13-16-19-22-24-25-26-28-30-33-36-39-42-47-48(43-40-37-34-31-21-18-15-12-9-6-3)45-46-49(47)44-41-38-35-32-29-27-23-20-17-14-11-8-5-2/h45-47H,4-44H2,1-3H3. The Morgan fingerprint density at radius 1 is 0.265 bits per heavy atom. The van der Waals surface area contributed by atoms with E-state index in [9.17, 15) is 0 Å². The van der Waals surface area contributed by atoms with Crippen molar-refractivity contribution in [2.75, 3.05) is 13.1 Å². The smallest absolute Gasteiger partial charge is 0.101 e. The second kappa shape index (κ2) is 38.6. The maximum Gasteiger partial charge on any atom is 0.101 e. The van der Waals surface area contributed by atoms with E-state index >= 15 is 0 Å². The van der Waals surface area contributed by atoms with E-state index < -0.39 is 0 Å². The van der Waals surface area contributed by atoms with Gasteiger partial charge in [-0.2, -0.15) is 0 Å². The molecule has 1 heterocycles. The average Bonchev–Trinajstić information content (AvgIpc) is 3.50. The lowest BCUT2D eigenvalue weighted by Gasteiger charge is -2.33. The Labute approximate surface area is 311 Å². The predicted octanol–water partition coefficient (Wildman–Crippen LogP) is 16.7. The summed E-state index contributed by atoms with van der Waals surface area (Å²) in [7, 11) is 0. The summed E-state index contributed by atoms with van der Waals surface area (Å²) in [4.78, 5) is 5.47. The summed E-state index contributed by atoms with van der Waals surface area (Å²) in [6.45, 7) is 9.49. The maximum atomic E-state index is 2.73. The highest BCUT2D eigenvalue weighted by Crippen LogP contribution is 2.24. The minimum Gasteiger partial charge on any atom is -0.356 e. The zero-order chi connectivity index (χ0) is 35.1. The summed E-state index contributed by atoms with van der Waals surface area (Å²) in [5.74, 6) is 0. The summed E-state index contributed by atoms with van der Waals surface area (Å²) in [5.41, 5.74) is 0. The molecular formula is C47H94N2. The third-order valence-corrected chi connectivity index (χ3v) is 11.6. The van der Waals surface area contributed by atoms with Gasteiger partial charge in [-0.05, 0) is 25.7 Å². The fourth-order valence-corrected chi connectivity index (χ4v) is 8.13. The molecule has 0 radical (unpaired) electrons. The normalized spacial score (nSPS) is 14.6. The molecule has 0 aliphatic carbocycles. The van der Waals surface area contributed by atoms with Crippen LogP contribution >= 0.6 is 0 Å². The van der Waals surface area contributed by atoms with E-state index in [2.05, 4.69) is 43.0 Å². The third kappa shape index (κ3) is 30.7. The molecule has 0 aromatic carbocycles. The SMILES string of the molecule is CCCCCCCCCCCCCCCCCC1N(CCCCCCCCCCCC)C=CN1CCCCCCCCCCCCCCC. The zero-order valence-corrected chi connectivity index (χ0v) is 34.6.